The monoisotopic (exact) mass is 329 g/mol. The zero-order valence-electron chi connectivity index (χ0n) is 14.6. The highest BCUT2D eigenvalue weighted by atomic mass is 16.3. The second-order valence-corrected chi connectivity index (χ2v) is 8.66. The maximum Gasteiger partial charge on any atom is 0.209 e. The van der Waals surface area contributed by atoms with Crippen molar-refractivity contribution in [2.45, 2.75) is 64.5 Å². The van der Waals surface area contributed by atoms with Gasteiger partial charge in [-0.3, -0.25) is 9.59 Å². The highest BCUT2D eigenvalue weighted by molar-refractivity contribution is 5.92. The van der Waals surface area contributed by atoms with Crippen LogP contribution in [0.25, 0.3) is 0 Å². The molecule has 24 heavy (non-hydrogen) atoms. The van der Waals surface area contributed by atoms with Crippen LogP contribution in [0.3, 0.4) is 0 Å². The van der Waals surface area contributed by atoms with Gasteiger partial charge in [0.15, 0.2) is 5.78 Å². The highest BCUT2D eigenvalue weighted by Gasteiger charge is 2.61. The van der Waals surface area contributed by atoms with Crippen LogP contribution in [0.4, 0.5) is 0 Å². The number of carbonyl (C=O) groups excluding carboxylic acids is 2. The fourth-order valence-corrected chi connectivity index (χ4v) is 6.20. The van der Waals surface area contributed by atoms with E-state index in [4.69, 9.17) is 0 Å². The largest absolute Gasteiger partial charge is 0.370 e. The Morgan fingerprint density at radius 3 is 2.79 bits per heavy atom. The summed E-state index contributed by atoms with van der Waals surface area (Å²) in [5.74, 6) is 1.13. The van der Waals surface area contributed by atoms with Gasteiger partial charge < -0.3 is 10.4 Å². The Morgan fingerprint density at radius 1 is 1.25 bits per heavy atom. The summed E-state index contributed by atoms with van der Waals surface area (Å²) in [6, 6.07) is 0. The molecule has 130 valence electrons. The number of nitrogens with one attached hydrogen (secondary N) is 1. The van der Waals surface area contributed by atoms with Gasteiger partial charge in [-0.25, -0.2) is 0 Å². The van der Waals surface area contributed by atoms with E-state index in [9.17, 15) is 14.7 Å². The second kappa shape index (κ2) is 5.04. The molecule has 2 fully saturated rings. The van der Waals surface area contributed by atoms with E-state index in [0.717, 1.165) is 32.1 Å². The van der Waals surface area contributed by atoms with E-state index < -0.39 is 5.72 Å². The molecule has 0 radical (unpaired) electrons. The molecule has 0 saturated heterocycles. The van der Waals surface area contributed by atoms with Crippen molar-refractivity contribution in [2.24, 2.45) is 22.7 Å². The van der Waals surface area contributed by atoms with Gasteiger partial charge in [0.1, 0.15) is 5.72 Å². The van der Waals surface area contributed by atoms with E-state index in [1.54, 1.807) is 0 Å². The van der Waals surface area contributed by atoms with Crippen LogP contribution in [0.2, 0.25) is 0 Å². The third-order valence-corrected chi connectivity index (χ3v) is 7.79. The number of allylic oxidation sites excluding steroid dienone is 4. The van der Waals surface area contributed by atoms with Gasteiger partial charge in [0.2, 0.25) is 6.41 Å². The van der Waals surface area contributed by atoms with E-state index in [1.807, 2.05) is 6.08 Å². The number of carbonyl (C=O) groups is 2. The minimum atomic E-state index is -1.10. The summed E-state index contributed by atoms with van der Waals surface area (Å²) in [7, 11) is 0. The Hall–Kier alpha value is -1.42. The lowest BCUT2D eigenvalue weighted by molar-refractivity contribution is -0.132. The van der Waals surface area contributed by atoms with Crippen LogP contribution in [0, 0.1) is 22.7 Å². The van der Waals surface area contributed by atoms with Gasteiger partial charge >= 0.3 is 0 Å². The normalized spacial score (nSPS) is 47.0. The molecule has 0 aromatic rings. The average molecular weight is 329 g/mol. The van der Waals surface area contributed by atoms with Gasteiger partial charge in [-0.1, -0.05) is 31.1 Å². The van der Waals surface area contributed by atoms with Gasteiger partial charge in [-0.15, -0.1) is 0 Å². The molecule has 0 spiro atoms. The predicted octanol–water partition coefficient (Wildman–Crippen LogP) is 2.87. The number of ketones is 1. The van der Waals surface area contributed by atoms with Gasteiger partial charge in [0.25, 0.3) is 0 Å². The van der Waals surface area contributed by atoms with Crippen molar-refractivity contribution in [3.63, 3.8) is 0 Å². The van der Waals surface area contributed by atoms with E-state index in [0.29, 0.717) is 31.1 Å². The van der Waals surface area contributed by atoms with E-state index in [2.05, 4.69) is 25.2 Å². The third kappa shape index (κ3) is 1.89. The molecule has 5 atom stereocenters. The Kier molecular flexibility index (Phi) is 3.38. The Bertz CT molecular complexity index is 666. The number of hydrogen-bond acceptors (Lipinski definition) is 3. The summed E-state index contributed by atoms with van der Waals surface area (Å²) in [5, 5.41) is 13.8. The SMILES string of the molecule is C[C@]12CCC(=O)C=C1CCC1C2=CC[C@@]2(C)C1CC[C@]2(O)NC=O. The number of fused-ring (bicyclic) bond motifs is 5. The lowest BCUT2D eigenvalue weighted by Crippen LogP contribution is -2.57. The van der Waals surface area contributed by atoms with E-state index in [-0.39, 0.29) is 16.6 Å². The topological polar surface area (TPSA) is 66.4 Å². The summed E-state index contributed by atoms with van der Waals surface area (Å²) in [6.07, 6.45) is 10.8. The molecule has 0 heterocycles. The molecule has 1 amide bonds. The molecule has 4 heteroatoms. The number of rotatable bonds is 2. The molecule has 0 aliphatic heterocycles. The first kappa shape index (κ1) is 16.1. The first-order valence-corrected chi connectivity index (χ1v) is 9.22. The Morgan fingerprint density at radius 2 is 2.04 bits per heavy atom. The lowest BCUT2D eigenvalue weighted by Gasteiger charge is -2.54. The molecule has 0 aromatic heterocycles. The van der Waals surface area contributed by atoms with Crippen molar-refractivity contribution >= 4 is 12.2 Å². The van der Waals surface area contributed by atoms with Crippen LogP contribution >= 0.6 is 0 Å². The third-order valence-electron chi connectivity index (χ3n) is 7.79. The van der Waals surface area contributed by atoms with Gasteiger partial charge in [0, 0.05) is 17.3 Å². The average Bonchev–Trinajstić information content (AvgIpc) is 2.80. The van der Waals surface area contributed by atoms with Crippen LogP contribution in [0.1, 0.15) is 58.8 Å². The van der Waals surface area contributed by atoms with Crippen LogP contribution < -0.4 is 5.32 Å². The fourth-order valence-electron chi connectivity index (χ4n) is 6.20. The molecular formula is C20H27NO3. The van der Waals surface area contributed by atoms with Crippen molar-refractivity contribution < 1.29 is 14.7 Å². The molecule has 0 aromatic carbocycles. The first-order valence-electron chi connectivity index (χ1n) is 9.22. The number of aliphatic hydroxyl groups is 1. The number of amides is 1. The maximum absolute atomic E-state index is 11.8. The van der Waals surface area contributed by atoms with Gasteiger partial charge in [-0.05, 0) is 56.4 Å². The van der Waals surface area contributed by atoms with Crippen molar-refractivity contribution in [1.82, 2.24) is 5.32 Å². The molecule has 4 nitrogen and oxygen atoms in total. The quantitative estimate of drug-likeness (QED) is 0.465. The highest BCUT2D eigenvalue weighted by Crippen LogP contribution is 2.64. The van der Waals surface area contributed by atoms with Crippen molar-refractivity contribution in [3.8, 4) is 0 Å². The van der Waals surface area contributed by atoms with Crippen LogP contribution in [-0.4, -0.2) is 23.0 Å². The summed E-state index contributed by atoms with van der Waals surface area (Å²) in [5.41, 5.74) is 1.43. The Labute approximate surface area is 143 Å². The second-order valence-electron chi connectivity index (χ2n) is 8.66. The van der Waals surface area contributed by atoms with Crippen LogP contribution in [-0.2, 0) is 9.59 Å². The maximum atomic E-state index is 11.8. The predicted molar refractivity (Wildman–Crippen MR) is 90.8 cm³/mol. The first-order chi connectivity index (χ1) is 11.3. The van der Waals surface area contributed by atoms with Crippen molar-refractivity contribution in [1.29, 1.82) is 0 Å². The Balaban J connectivity index is 1.74. The van der Waals surface area contributed by atoms with Crippen molar-refractivity contribution in [3.05, 3.63) is 23.3 Å². The standard InChI is InChI=1S/C20H27NO3/c1-18-8-5-14(23)11-13(18)3-4-15-16(18)6-9-19(2)17(15)7-10-20(19,24)21-12-22/h6,11-12,15,17,24H,3-5,7-10H2,1-2H3,(H,21,22)/t15?,17?,18-,19-,20+/m0/s1. The zero-order chi connectivity index (χ0) is 17.2. The molecule has 2 unspecified atom stereocenters. The molecule has 0 bridgehead atoms. The van der Waals surface area contributed by atoms with Crippen LogP contribution in [0.15, 0.2) is 23.3 Å². The van der Waals surface area contributed by atoms with Crippen molar-refractivity contribution in [2.75, 3.05) is 0 Å². The number of hydrogen-bond donors (Lipinski definition) is 2. The molecule has 4 aliphatic carbocycles. The smallest absolute Gasteiger partial charge is 0.209 e. The molecule has 4 rings (SSSR count). The van der Waals surface area contributed by atoms with Gasteiger partial charge in [-0.2, -0.15) is 0 Å². The summed E-state index contributed by atoms with van der Waals surface area (Å²) in [4.78, 5) is 22.8. The lowest BCUT2D eigenvalue weighted by atomic mass is 9.51. The summed E-state index contributed by atoms with van der Waals surface area (Å²) >= 11 is 0. The van der Waals surface area contributed by atoms with Crippen LogP contribution in [0.5, 0.6) is 0 Å². The molecule has 4 aliphatic rings. The van der Waals surface area contributed by atoms with Gasteiger partial charge in [0.05, 0.1) is 0 Å². The fraction of sp³-hybridized carbons (Fsp3) is 0.700. The van der Waals surface area contributed by atoms with E-state index in [1.165, 1.54) is 11.1 Å². The zero-order valence-corrected chi connectivity index (χ0v) is 14.6. The molecule has 2 saturated carbocycles. The van der Waals surface area contributed by atoms with E-state index >= 15 is 0 Å². The minimum absolute atomic E-state index is 0.0248. The minimum Gasteiger partial charge on any atom is -0.370 e. The molecule has 2 N–H and O–H groups in total. The summed E-state index contributed by atoms with van der Waals surface area (Å²) in [6.45, 7) is 4.43. The molecular weight excluding hydrogens is 302 g/mol. The summed E-state index contributed by atoms with van der Waals surface area (Å²) < 4.78 is 0.